The van der Waals surface area contributed by atoms with E-state index in [1.165, 1.54) is 11.1 Å². The number of hydrogen-bond donors (Lipinski definition) is 1. The fourth-order valence-corrected chi connectivity index (χ4v) is 1.58. The first-order chi connectivity index (χ1) is 7.78. The van der Waals surface area contributed by atoms with Crippen LogP contribution in [0.25, 0.3) is 0 Å². The molecule has 1 aromatic carbocycles. The van der Waals surface area contributed by atoms with Gasteiger partial charge in [0.05, 0.1) is 5.69 Å². The Morgan fingerprint density at radius 3 is 2.69 bits per heavy atom. The maximum absolute atomic E-state index is 5.44. The quantitative estimate of drug-likeness (QED) is 0.851. The van der Waals surface area contributed by atoms with E-state index < -0.39 is 0 Å². The van der Waals surface area contributed by atoms with Crippen molar-refractivity contribution in [2.45, 2.75) is 19.8 Å². The van der Waals surface area contributed by atoms with Gasteiger partial charge < -0.3 is 10.2 Å². The summed E-state index contributed by atoms with van der Waals surface area (Å²) in [5.74, 6) is 0.726. The predicted octanol–water partition coefficient (Wildman–Crippen LogP) is 2.08. The summed E-state index contributed by atoms with van der Waals surface area (Å²) < 4.78 is 5.31. The second-order valence-corrected chi connectivity index (χ2v) is 3.93. The molecule has 3 nitrogen and oxygen atoms in total. The third-order valence-electron chi connectivity index (χ3n) is 2.46. The average Bonchev–Trinajstić information content (AvgIpc) is 2.70. The first kappa shape index (κ1) is 10.9. The zero-order chi connectivity index (χ0) is 11.4. The average molecular weight is 216 g/mol. The van der Waals surface area contributed by atoms with Crippen molar-refractivity contribution in [3.8, 4) is 0 Å². The summed E-state index contributed by atoms with van der Waals surface area (Å²) in [5, 5.41) is 0. The van der Waals surface area contributed by atoms with Gasteiger partial charge in [0.1, 0.15) is 6.26 Å². The summed E-state index contributed by atoms with van der Waals surface area (Å²) in [5.41, 5.74) is 8.92. The largest absolute Gasteiger partial charge is 0.449 e. The Bertz CT molecular complexity index is 445. The summed E-state index contributed by atoms with van der Waals surface area (Å²) in [7, 11) is 0. The molecule has 84 valence electrons. The minimum absolute atomic E-state index is 0.574. The summed E-state index contributed by atoms with van der Waals surface area (Å²) in [6.07, 6.45) is 3.23. The standard InChI is InChI=1S/C13H16N2O/c1-10-2-4-11(5-3-10)8-12-9-16-13(15-12)6-7-14/h2-5,9H,6-8,14H2,1H3. The molecule has 2 N–H and O–H groups in total. The van der Waals surface area contributed by atoms with Gasteiger partial charge in [0, 0.05) is 19.4 Å². The van der Waals surface area contributed by atoms with Crippen LogP contribution < -0.4 is 5.73 Å². The zero-order valence-corrected chi connectivity index (χ0v) is 9.44. The predicted molar refractivity (Wildman–Crippen MR) is 63.2 cm³/mol. The molecule has 0 radical (unpaired) electrons. The molecule has 0 unspecified atom stereocenters. The molecule has 1 heterocycles. The SMILES string of the molecule is Cc1ccc(Cc2coc(CCN)n2)cc1. The van der Waals surface area contributed by atoms with Crippen molar-refractivity contribution in [3.63, 3.8) is 0 Å². The van der Waals surface area contributed by atoms with Gasteiger partial charge in [0.2, 0.25) is 0 Å². The van der Waals surface area contributed by atoms with E-state index in [4.69, 9.17) is 10.2 Å². The number of aryl methyl sites for hydroxylation is 1. The highest BCUT2D eigenvalue weighted by Gasteiger charge is 2.03. The first-order valence-corrected chi connectivity index (χ1v) is 5.47. The van der Waals surface area contributed by atoms with Gasteiger partial charge in [-0.15, -0.1) is 0 Å². The van der Waals surface area contributed by atoms with Crippen molar-refractivity contribution < 1.29 is 4.42 Å². The second-order valence-electron chi connectivity index (χ2n) is 3.93. The fourth-order valence-electron chi connectivity index (χ4n) is 1.58. The van der Waals surface area contributed by atoms with Gasteiger partial charge in [-0.05, 0) is 12.5 Å². The number of nitrogens with zero attached hydrogens (tertiary/aromatic N) is 1. The summed E-state index contributed by atoms with van der Waals surface area (Å²) in [4.78, 5) is 4.37. The smallest absolute Gasteiger partial charge is 0.195 e. The number of aromatic nitrogens is 1. The van der Waals surface area contributed by atoms with Crippen molar-refractivity contribution in [3.05, 3.63) is 53.2 Å². The van der Waals surface area contributed by atoms with Crippen LogP contribution in [-0.2, 0) is 12.8 Å². The molecule has 0 saturated heterocycles. The Hall–Kier alpha value is -1.61. The van der Waals surface area contributed by atoms with E-state index in [-0.39, 0.29) is 0 Å². The Morgan fingerprint density at radius 2 is 2.00 bits per heavy atom. The topological polar surface area (TPSA) is 52.0 Å². The van der Waals surface area contributed by atoms with Crippen molar-refractivity contribution >= 4 is 0 Å². The highest BCUT2D eigenvalue weighted by Crippen LogP contribution is 2.10. The van der Waals surface area contributed by atoms with Crippen LogP contribution >= 0.6 is 0 Å². The number of rotatable bonds is 4. The van der Waals surface area contributed by atoms with E-state index in [2.05, 4.69) is 36.2 Å². The first-order valence-electron chi connectivity index (χ1n) is 5.47. The van der Waals surface area contributed by atoms with E-state index in [0.717, 1.165) is 18.0 Å². The fraction of sp³-hybridized carbons (Fsp3) is 0.308. The number of hydrogen-bond acceptors (Lipinski definition) is 3. The molecule has 0 aliphatic rings. The van der Waals surface area contributed by atoms with E-state index in [1.54, 1.807) is 6.26 Å². The number of oxazole rings is 1. The monoisotopic (exact) mass is 216 g/mol. The van der Waals surface area contributed by atoms with E-state index >= 15 is 0 Å². The molecule has 0 aliphatic heterocycles. The minimum atomic E-state index is 0.574. The molecule has 0 atom stereocenters. The van der Waals surface area contributed by atoms with Gasteiger partial charge in [-0.25, -0.2) is 4.98 Å². The molecule has 0 spiro atoms. The van der Waals surface area contributed by atoms with Crippen LogP contribution in [0.1, 0.15) is 22.7 Å². The molecule has 16 heavy (non-hydrogen) atoms. The van der Waals surface area contributed by atoms with Gasteiger partial charge in [-0.1, -0.05) is 29.8 Å². The van der Waals surface area contributed by atoms with Gasteiger partial charge in [0.25, 0.3) is 0 Å². The molecule has 0 fully saturated rings. The van der Waals surface area contributed by atoms with Crippen molar-refractivity contribution in [2.75, 3.05) is 6.54 Å². The molecule has 2 rings (SSSR count). The van der Waals surface area contributed by atoms with Crippen LogP contribution in [0, 0.1) is 6.92 Å². The zero-order valence-electron chi connectivity index (χ0n) is 9.44. The lowest BCUT2D eigenvalue weighted by Gasteiger charge is -1.98. The van der Waals surface area contributed by atoms with Crippen LogP contribution in [0.4, 0.5) is 0 Å². The Morgan fingerprint density at radius 1 is 1.25 bits per heavy atom. The van der Waals surface area contributed by atoms with Crippen LogP contribution in [0.3, 0.4) is 0 Å². The highest BCUT2D eigenvalue weighted by molar-refractivity contribution is 5.24. The van der Waals surface area contributed by atoms with E-state index in [9.17, 15) is 0 Å². The van der Waals surface area contributed by atoms with Crippen molar-refractivity contribution in [1.82, 2.24) is 4.98 Å². The number of nitrogens with two attached hydrogens (primary N) is 1. The van der Waals surface area contributed by atoms with E-state index in [0.29, 0.717) is 13.0 Å². The maximum Gasteiger partial charge on any atom is 0.195 e. The molecule has 3 heteroatoms. The second kappa shape index (κ2) is 4.94. The molecule has 2 aromatic rings. The summed E-state index contributed by atoms with van der Waals surface area (Å²) >= 11 is 0. The minimum Gasteiger partial charge on any atom is -0.449 e. The van der Waals surface area contributed by atoms with Crippen LogP contribution in [0.5, 0.6) is 0 Å². The van der Waals surface area contributed by atoms with E-state index in [1.807, 2.05) is 0 Å². The summed E-state index contributed by atoms with van der Waals surface area (Å²) in [6.45, 7) is 2.66. The molecule has 0 bridgehead atoms. The lowest BCUT2D eigenvalue weighted by Crippen LogP contribution is -2.02. The Balaban J connectivity index is 2.05. The van der Waals surface area contributed by atoms with Gasteiger partial charge in [-0.2, -0.15) is 0 Å². The Kier molecular flexibility index (Phi) is 3.37. The molecule has 1 aromatic heterocycles. The normalized spacial score (nSPS) is 10.6. The third kappa shape index (κ3) is 2.70. The van der Waals surface area contributed by atoms with Gasteiger partial charge in [0.15, 0.2) is 5.89 Å². The van der Waals surface area contributed by atoms with Crippen LogP contribution in [0.15, 0.2) is 34.9 Å². The Labute approximate surface area is 95.3 Å². The van der Waals surface area contributed by atoms with Gasteiger partial charge >= 0.3 is 0 Å². The highest BCUT2D eigenvalue weighted by atomic mass is 16.3. The van der Waals surface area contributed by atoms with Crippen LogP contribution in [0.2, 0.25) is 0 Å². The van der Waals surface area contributed by atoms with Crippen molar-refractivity contribution in [1.29, 1.82) is 0 Å². The lowest BCUT2D eigenvalue weighted by molar-refractivity contribution is 0.496. The molecule has 0 saturated carbocycles. The molecule has 0 amide bonds. The molecular weight excluding hydrogens is 200 g/mol. The van der Waals surface area contributed by atoms with Crippen LogP contribution in [-0.4, -0.2) is 11.5 Å². The third-order valence-corrected chi connectivity index (χ3v) is 2.46. The van der Waals surface area contributed by atoms with Gasteiger partial charge in [-0.3, -0.25) is 0 Å². The summed E-state index contributed by atoms with van der Waals surface area (Å²) in [6, 6.07) is 8.45. The molecule has 0 aliphatic carbocycles. The molecular formula is C13H16N2O. The maximum atomic E-state index is 5.44. The lowest BCUT2D eigenvalue weighted by atomic mass is 10.1. The van der Waals surface area contributed by atoms with Crippen molar-refractivity contribution in [2.24, 2.45) is 5.73 Å². The number of benzene rings is 1.